The molecule has 3 nitrogen and oxygen atoms in total. The Kier molecular flexibility index (Phi) is 4.84. The first-order valence-corrected chi connectivity index (χ1v) is 5.39. The van der Waals surface area contributed by atoms with Gasteiger partial charge in [0.2, 0.25) is 0 Å². The number of hydrogen-bond donors (Lipinski definition) is 0. The second-order valence-corrected chi connectivity index (χ2v) is 3.83. The van der Waals surface area contributed by atoms with Gasteiger partial charge in [-0.05, 0) is 29.9 Å². The number of rotatable bonds is 1. The van der Waals surface area contributed by atoms with Crippen LogP contribution < -0.4 is 0 Å². The maximum Gasteiger partial charge on any atom is 0.261 e. The number of hydrogen-bond acceptors (Lipinski definition) is 2. The third-order valence-electron chi connectivity index (χ3n) is 2.32. The summed E-state index contributed by atoms with van der Waals surface area (Å²) in [5, 5.41) is 0.493. The van der Waals surface area contributed by atoms with E-state index in [0.29, 0.717) is 23.4 Å². The third kappa shape index (κ3) is 2.86. The number of nitrogens with zero attached hydrogens (tertiary/aromatic N) is 1. The molecule has 1 heterocycles. The van der Waals surface area contributed by atoms with Gasteiger partial charge < -0.3 is 0 Å². The van der Waals surface area contributed by atoms with Crippen LogP contribution in [0.5, 0.6) is 0 Å². The van der Waals surface area contributed by atoms with Crippen LogP contribution in [0.15, 0.2) is 52.3 Å². The minimum atomic E-state index is -0.319. The summed E-state index contributed by atoms with van der Waals surface area (Å²) in [5.74, 6) is -0.636. The predicted octanol–water partition coefficient (Wildman–Crippen LogP) is 2.27. The Bertz CT molecular complexity index is 537. The summed E-state index contributed by atoms with van der Waals surface area (Å²) in [6.07, 6.45) is 7.88. The van der Waals surface area contributed by atoms with Crippen LogP contribution in [0.2, 0.25) is 0 Å². The molecular weight excluding hydrogens is 257 g/mol. The molecule has 0 aromatic carbocycles. The molecule has 0 atom stereocenters. The summed E-state index contributed by atoms with van der Waals surface area (Å²) in [5.41, 5.74) is 3.80. The van der Waals surface area contributed by atoms with Crippen LogP contribution in [0.1, 0.15) is 0 Å². The fourth-order valence-electron chi connectivity index (χ4n) is 1.43. The van der Waals surface area contributed by atoms with E-state index in [1.807, 2.05) is 0 Å². The van der Waals surface area contributed by atoms with Crippen molar-refractivity contribution < 1.29 is 14.0 Å². The zero-order chi connectivity index (χ0) is 13.7. The number of carbonyl (C=O) groups is 2. The second-order valence-electron chi connectivity index (χ2n) is 3.39. The standard InChI is InChI=1S/C12H8ClNO2.CH3F/c1-14-11(15)7-10(12(14)16)8-4-2-3-5-9(13)6-8;1-2/h3-7H,1H3;1H3. The quantitative estimate of drug-likeness (QED) is 0.540. The molecule has 0 radical (unpaired) electrons. The predicted molar refractivity (Wildman–Crippen MR) is 67.6 cm³/mol. The maximum absolute atomic E-state index is 11.7. The molecule has 5 heteroatoms. The van der Waals surface area contributed by atoms with E-state index < -0.39 is 0 Å². The van der Waals surface area contributed by atoms with Crippen molar-refractivity contribution in [1.82, 2.24) is 4.90 Å². The number of carbonyl (C=O) groups excluding carboxylic acids is 2. The summed E-state index contributed by atoms with van der Waals surface area (Å²) in [7, 11) is 1.95. The van der Waals surface area contributed by atoms with Gasteiger partial charge in [-0.3, -0.25) is 18.9 Å². The van der Waals surface area contributed by atoms with Crippen LogP contribution in [0.3, 0.4) is 0 Å². The van der Waals surface area contributed by atoms with Gasteiger partial charge in [0, 0.05) is 18.2 Å². The second kappa shape index (κ2) is 6.15. The maximum atomic E-state index is 11.7. The van der Waals surface area contributed by atoms with Crippen molar-refractivity contribution in [3.05, 3.63) is 52.3 Å². The van der Waals surface area contributed by atoms with E-state index in [0.717, 1.165) is 4.90 Å². The number of imide groups is 1. The summed E-state index contributed by atoms with van der Waals surface area (Å²) in [6.45, 7) is 0. The van der Waals surface area contributed by atoms with Gasteiger partial charge in [-0.1, -0.05) is 11.6 Å². The van der Waals surface area contributed by atoms with Crippen molar-refractivity contribution in [3.8, 4) is 0 Å². The highest BCUT2D eigenvalue weighted by atomic mass is 35.5. The first-order chi connectivity index (χ1) is 8.59. The van der Waals surface area contributed by atoms with Gasteiger partial charge in [0.25, 0.3) is 11.8 Å². The average molecular weight is 268 g/mol. The smallest absolute Gasteiger partial charge is 0.261 e. The van der Waals surface area contributed by atoms with Gasteiger partial charge in [0.1, 0.15) is 0 Å². The van der Waals surface area contributed by atoms with E-state index in [1.54, 1.807) is 24.3 Å². The summed E-state index contributed by atoms with van der Waals surface area (Å²) in [6, 6.07) is 0. The molecule has 1 aliphatic carbocycles. The summed E-state index contributed by atoms with van der Waals surface area (Å²) < 4.78 is 9.50. The highest BCUT2D eigenvalue weighted by molar-refractivity contribution is 6.31. The lowest BCUT2D eigenvalue weighted by Crippen LogP contribution is -2.26. The van der Waals surface area contributed by atoms with E-state index in [1.165, 1.54) is 13.1 Å². The Morgan fingerprint density at radius 3 is 2.50 bits per heavy atom. The molecule has 1 aliphatic heterocycles. The van der Waals surface area contributed by atoms with E-state index in [9.17, 15) is 14.0 Å². The Labute approximate surface area is 109 Å². The van der Waals surface area contributed by atoms with Crippen LogP contribution in [-0.4, -0.2) is 30.9 Å². The fraction of sp³-hybridized carbons (Fsp3) is 0.154. The molecule has 2 aliphatic rings. The van der Waals surface area contributed by atoms with Crippen LogP contribution in [0.4, 0.5) is 4.39 Å². The molecular formula is C13H11ClFNO2. The van der Waals surface area contributed by atoms with Crippen molar-refractivity contribution in [2.45, 2.75) is 0 Å². The van der Waals surface area contributed by atoms with E-state index in [-0.39, 0.29) is 11.8 Å². The first-order valence-electron chi connectivity index (χ1n) is 5.01. The third-order valence-corrected chi connectivity index (χ3v) is 2.55. The van der Waals surface area contributed by atoms with Crippen molar-refractivity contribution in [1.29, 1.82) is 0 Å². The molecule has 0 aromatic rings. The van der Waals surface area contributed by atoms with Crippen LogP contribution in [-0.2, 0) is 9.59 Å². The zero-order valence-electron chi connectivity index (χ0n) is 9.91. The molecule has 94 valence electrons. The Balaban J connectivity index is 0.000000771. The van der Waals surface area contributed by atoms with Crippen LogP contribution >= 0.6 is 11.6 Å². The lowest BCUT2D eigenvalue weighted by Gasteiger charge is -2.06. The van der Waals surface area contributed by atoms with Gasteiger partial charge in [-0.2, -0.15) is 0 Å². The van der Waals surface area contributed by atoms with Crippen molar-refractivity contribution >= 4 is 23.4 Å². The molecule has 0 unspecified atom stereocenters. The zero-order valence-corrected chi connectivity index (χ0v) is 10.7. The highest BCUT2D eigenvalue weighted by Gasteiger charge is 2.29. The highest BCUT2D eigenvalue weighted by Crippen LogP contribution is 2.23. The Hall–Kier alpha value is -1.90. The Morgan fingerprint density at radius 2 is 1.94 bits per heavy atom. The minimum Gasteiger partial charge on any atom is -0.278 e. The number of halogens is 2. The summed E-state index contributed by atoms with van der Waals surface area (Å²) in [4.78, 5) is 24.1. The monoisotopic (exact) mass is 267 g/mol. The van der Waals surface area contributed by atoms with Gasteiger partial charge in [0.05, 0.1) is 12.8 Å². The first kappa shape index (κ1) is 14.2. The molecule has 0 saturated heterocycles. The van der Waals surface area contributed by atoms with E-state index in [2.05, 4.69) is 5.73 Å². The van der Waals surface area contributed by atoms with E-state index in [4.69, 9.17) is 11.6 Å². The molecule has 0 bridgehead atoms. The van der Waals surface area contributed by atoms with Crippen LogP contribution in [0, 0.1) is 0 Å². The number of alkyl halides is 1. The molecule has 0 spiro atoms. The van der Waals surface area contributed by atoms with Crippen molar-refractivity contribution in [2.75, 3.05) is 14.2 Å². The van der Waals surface area contributed by atoms with Crippen molar-refractivity contribution in [3.63, 3.8) is 0 Å². The molecule has 0 saturated carbocycles. The molecule has 0 N–H and O–H groups in total. The Morgan fingerprint density at radius 1 is 1.28 bits per heavy atom. The van der Waals surface area contributed by atoms with Gasteiger partial charge in [-0.25, -0.2) is 0 Å². The summed E-state index contributed by atoms with van der Waals surface area (Å²) >= 11 is 5.87. The molecule has 2 amide bonds. The fourth-order valence-corrected chi connectivity index (χ4v) is 1.61. The topological polar surface area (TPSA) is 37.4 Å². The molecule has 18 heavy (non-hydrogen) atoms. The number of amides is 2. The SMILES string of the molecule is CF.CN1C(=O)C=C(C2=CC(Cl)=CC=C=C2)C1=O. The van der Waals surface area contributed by atoms with Crippen molar-refractivity contribution in [2.24, 2.45) is 0 Å². The molecule has 0 fully saturated rings. The normalized spacial score (nSPS) is 17.8. The van der Waals surface area contributed by atoms with E-state index >= 15 is 0 Å². The number of likely N-dealkylation sites (N-methyl/N-ethyl adjacent to an activating group) is 1. The average Bonchev–Trinajstić information content (AvgIpc) is 2.57. The van der Waals surface area contributed by atoms with Gasteiger partial charge in [0.15, 0.2) is 0 Å². The van der Waals surface area contributed by atoms with Gasteiger partial charge in [-0.15, -0.1) is 5.73 Å². The molecule has 2 rings (SSSR count). The van der Waals surface area contributed by atoms with Gasteiger partial charge >= 0.3 is 0 Å². The lowest BCUT2D eigenvalue weighted by atomic mass is 10.1. The number of allylic oxidation sites excluding steroid dienone is 4. The molecule has 0 aromatic heterocycles. The minimum absolute atomic E-state index is 0.317. The van der Waals surface area contributed by atoms with Crippen LogP contribution in [0.25, 0.3) is 0 Å². The lowest BCUT2D eigenvalue weighted by molar-refractivity contribution is -0.135. The largest absolute Gasteiger partial charge is 0.278 e.